The maximum Gasteiger partial charge on any atom is 0.505 e. The Morgan fingerprint density at radius 2 is 1.38 bits per heavy atom. The summed E-state index contributed by atoms with van der Waals surface area (Å²) in [5.41, 5.74) is 0. The Bertz CT molecular complexity index is 234. The number of hydrogen-bond acceptors (Lipinski definition) is 2. The van der Waals surface area contributed by atoms with Gasteiger partial charge in [0.1, 0.15) is 0 Å². The van der Waals surface area contributed by atoms with Crippen molar-refractivity contribution in [2.45, 2.75) is 95.2 Å². The standard InChI is InChI=1S/C17H33BrO3/c1-2-3-4-5-6-7-8-10-13-16(18)14-11-9-12-15-21-17(19)20/h16H,2-15H2,1H3,(H,19,20). The normalized spacial score (nSPS) is 12.3. The summed E-state index contributed by atoms with van der Waals surface area (Å²) in [6, 6.07) is 0. The number of carboxylic acid groups (broad SMARTS) is 1. The van der Waals surface area contributed by atoms with Crippen LogP contribution in [0.15, 0.2) is 0 Å². The highest BCUT2D eigenvalue weighted by atomic mass is 79.9. The van der Waals surface area contributed by atoms with Gasteiger partial charge >= 0.3 is 6.16 Å². The van der Waals surface area contributed by atoms with Crippen LogP contribution in [0.4, 0.5) is 4.79 Å². The van der Waals surface area contributed by atoms with E-state index in [-0.39, 0.29) is 0 Å². The second-order valence-electron chi connectivity index (χ2n) is 5.82. The SMILES string of the molecule is CCCCCCCCCCC(Br)CCCCCOC(=O)O. The van der Waals surface area contributed by atoms with E-state index >= 15 is 0 Å². The Balaban J connectivity index is 3.16. The summed E-state index contributed by atoms with van der Waals surface area (Å²) in [6.07, 6.45) is 15.3. The largest absolute Gasteiger partial charge is 0.505 e. The molecule has 1 atom stereocenters. The lowest BCUT2D eigenvalue weighted by Gasteiger charge is -2.09. The van der Waals surface area contributed by atoms with E-state index in [1.54, 1.807) is 0 Å². The summed E-state index contributed by atoms with van der Waals surface area (Å²) in [4.78, 5) is 10.8. The van der Waals surface area contributed by atoms with Crippen molar-refractivity contribution < 1.29 is 14.6 Å². The van der Waals surface area contributed by atoms with Gasteiger partial charge in [-0.3, -0.25) is 0 Å². The van der Waals surface area contributed by atoms with Crippen LogP contribution in [-0.4, -0.2) is 22.7 Å². The molecule has 0 fully saturated rings. The minimum Gasteiger partial charge on any atom is -0.450 e. The van der Waals surface area contributed by atoms with Crippen molar-refractivity contribution in [1.29, 1.82) is 0 Å². The van der Waals surface area contributed by atoms with E-state index in [1.165, 1.54) is 64.2 Å². The van der Waals surface area contributed by atoms with Gasteiger partial charge in [0.05, 0.1) is 6.61 Å². The lowest BCUT2D eigenvalue weighted by molar-refractivity contribution is 0.0899. The molecule has 0 aromatic heterocycles. The summed E-state index contributed by atoms with van der Waals surface area (Å²) in [7, 11) is 0. The van der Waals surface area contributed by atoms with Crippen LogP contribution in [-0.2, 0) is 4.74 Å². The third-order valence-corrected chi connectivity index (χ3v) is 4.67. The molecule has 0 amide bonds. The van der Waals surface area contributed by atoms with Crippen LogP contribution >= 0.6 is 15.9 Å². The fourth-order valence-corrected chi connectivity index (χ4v) is 3.10. The molecule has 0 aliphatic carbocycles. The number of unbranched alkanes of at least 4 members (excludes halogenated alkanes) is 9. The van der Waals surface area contributed by atoms with E-state index in [0.717, 1.165) is 19.3 Å². The summed E-state index contributed by atoms with van der Waals surface area (Å²) >= 11 is 3.75. The molecule has 0 spiro atoms. The van der Waals surface area contributed by atoms with Crippen LogP contribution in [0.3, 0.4) is 0 Å². The van der Waals surface area contributed by atoms with Gasteiger partial charge in [0.15, 0.2) is 0 Å². The molecule has 0 rings (SSSR count). The lowest BCUT2D eigenvalue weighted by atomic mass is 10.0. The fourth-order valence-electron chi connectivity index (χ4n) is 2.45. The molecule has 0 aliphatic rings. The summed E-state index contributed by atoms with van der Waals surface area (Å²) in [5, 5.41) is 8.33. The first-order valence-electron chi connectivity index (χ1n) is 8.66. The average Bonchev–Trinajstić information content (AvgIpc) is 2.45. The zero-order chi connectivity index (χ0) is 15.8. The molecule has 1 unspecified atom stereocenters. The number of carbonyl (C=O) groups is 1. The van der Waals surface area contributed by atoms with E-state index in [2.05, 4.69) is 27.6 Å². The van der Waals surface area contributed by atoms with Gasteiger partial charge in [-0.15, -0.1) is 0 Å². The summed E-state index contributed by atoms with van der Waals surface area (Å²) in [6.45, 7) is 2.59. The Hall–Kier alpha value is -0.250. The molecule has 0 aromatic carbocycles. The van der Waals surface area contributed by atoms with Crippen molar-refractivity contribution in [3.63, 3.8) is 0 Å². The monoisotopic (exact) mass is 364 g/mol. The minimum absolute atomic E-state index is 0.334. The van der Waals surface area contributed by atoms with Gasteiger partial charge in [0.2, 0.25) is 0 Å². The Kier molecular flexibility index (Phi) is 15.9. The van der Waals surface area contributed by atoms with E-state index in [0.29, 0.717) is 11.4 Å². The van der Waals surface area contributed by atoms with Crippen molar-refractivity contribution in [2.24, 2.45) is 0 Å². The summed E-state index contributed by atoms with van der Waals surface area (Å²) < 4.78 is 4.48. The zero-order valence-corrected chi connectivity index (χ0v) is 15.2. The van der Waals surface area contributed by atoms with E-state index in [4.69, 9.17) is 5.11 Å². The van der Waals surface area contributed by atoms with Crippen LogP contribution in [0.1, 0.15) is 90.4 Å². The minimum atomic E-state index is -1.16. The molecule has 0 bridgehead atoms. The van der Waals surface area contributed by atoms with Crippen molar-refractivity contribution in [3.8, 4) is 0 Å². The van der Waals surface area contributed by atoms with Crippen molar-refractivity contribution in [3.05, 3.63) is 0 Å². The first-order valence-corrected chi connectivity index (χ1v) is 9.58. The van der Waals surface area contributed by atoms with Gasteiger partial charge < -0.3 is 9.84 Å². The third-order valence-electron chi connectivity index (χ3n) is 3.76. The maximum atomic E-state index is 10.2. The van der Waals surface area contributed by atoms with Gasteiger partial charge in [-0.05, 0) is 19.3 Å². The molecular formula is C17H33BrO3. The van der Waals surface area contributed by atoms with Gasteiger partial charge in [0, 0.05) is 4.83 Å². The number of ether oxygens (including phenoxy) is 1. The quantitative estimate of drug-likeness (QED) is 0.204. The molecule has 0 saturated carbocycles. The molecule has 1 N–H and O–H groups in total. The van der Waals surface area contributed by atoms with E-state index < -0.39 is 6.16 Å². The number of alkyl halides is 1. The van der Waals surface area contributed by atoms with E-state index in [1.807, 2.05) is 0 Å². The van der Waals surface area contributed by atoms with Gasteiger partial charge in [0.25, 0.3) is 0 Å². The lowest BCUT2D eigenvalue weighted by Crippen LogP contribution is -2.02. The maximum absolute atomic E-state index is 10.2. The molecule has 0 aliphatic heterocycles. The van der Waals surface area contributed by atoms with Gasteiger partial charge in [-0.25, -0.2) is 4.79 Å². The van der Waals surface area contributed by atoms with E-state index in [9.17, 15) is 4.79 Å². The smallest absolute Gasteiger partial charge is 0.450 e. The highest BCUT2D eigenvalue weighted by Gasteiger charge is 2.04. The third kappa shape index (κ3) is 17.7. The second-order valence-corrected chi connectivity index (χ2v) is 7.12. The van der Waals surface area contributed by atoms with Gasteiger partial charge in [-0.2, -0.15) is 0 Å². The van der Waals surface area contributed by atoms with Crippen molar-refractivity contribution in [1.82, 2.24) is 0 Å². The highest BCUT2D eigenvalue weighted by Crippen LogP contribution is 2.19. The predicted molar refractivity (Wildman–Crippen MR) is 92.4 cm³/mol. The summed E-state index contributed by atoms with van der Waals surface area (Å²) in [5.74, 6) is 0. The van der Waals surface area contributed by atoms with Crippen LogP contribution in [0, 0.1) is 0 Å². The highest BCUT2D eigenvalue weighted by molar-refractivity contribution is 9.09. The molecule has 0 heterocycles. The molecular weight excluding hydrogens is 332 g/mol. The number of halogens is 1. The molecule has 0 aromatic rings. The van der Waals surface area contributed by atoms with Crippen molar-refractivity contribution >= 4 is 22.1 Å². The molecule has 0 radical (unpaired) electrons. The Labute approximate surface area is 139 Å². The molecule has 4 heteroatoms. The Morgan fingerprint density at radius 3 is 1.90 bits per heavy atom. The molecule has 21 heavy (non-hydrogen) atoms. The van der Waals surface area contributed by atoms with Crippen LogP contribution in [0.5, 0.6) is 0 Å². The van der Waals surface area contributed by atoms with Crippen LogP contribution in [0.25, 0.3) is 0 Å². The second kappa shape index (κ2) is 16.1. The van der Waals surface area contributed by atoms with Crippen LogP contribution < -0.4 is 0 Å². The van der Waals surface area contributed by atoms with Gasteiger partial charge in [-0.1, -0.05) is 87.1 Å². The Morgan fingerprint density at radius 1 is 0.905 bits per heavy atom. The topological polar surface area (TPSA) is 46.5 Å². The van der Waals surface area contributed by atoms with Crippen LogP contribution in [0.2, 0.25) is 0 Å². The first-order chi connectivity index (χ1) is 10.2. The number of hydrogen-bond donors (Lipinski definition) is 1. The molecule has 3 nitrogen and oxygen atoms in total. The first kappa shape index (κ1) is 20.8. The zero-order valence-electron chi connectivity index (χ0n) is 13.6. The van der Waals surface area contributed by atoms with Crippen molar-refractivity contribution in [2.75, 3.05) is 6.61 Å². The predicted octanol–water partition coefficient (Wildman–Crippen LogP) is 6.54. The number of rotatable bonds is 15. The fraction of sp³-hybridized carbons (Fsp3) is 0.941. The average molecular weight is 365 g/mol. The molecule has 0 saturated heterocycles. The molecule has 126 valence electrons.